The molecule has 0 unspecified atom stereocenters. The number of rotatable bonds is 4. The minimum Gasteiger partial charge on any atom is -0.427 e. The molecule has 0 amide bonds. The fourth-order valence-electron chi connectivity index (χ4n) is 0.780. The molecule has 0 rings (SSSR count). The lowest BCUT2D eigenvalue weighted by Crippen LogP contribution is -2.35. The molecule has 88 valence electrons. The Morgan fingerprint density at radius 1 is 1.07 bits per heavy atom. The molecular weight excluding hydrogens is 216 g/mol. The SMILES string of the molecule is CC(=O)OC(OC(C)=O)[SiH2]OC(C)(C)C. The molecule has 15 heavy (non-hydrogen) atoms. The van der Waals surface area contributed by atoms with E-state index in [2.05, 4.69) is 0 Å². The maximum atomic E-state index is 10.7. The van der Waals surface area contributed by atoms with Gasteiger partial charge in [-0.15, -0.1) is 0 Å². The number of esters is 2. The van der Waals surface area contributed by atoms with Crippen molar-refractivity contribution in [2.75, 3.05) is 0 Å². The van der Waals surface area contributed by atoms with E-state index < -0.39 is 27.6 Å². The van der Waals surface area contributed by atoms with Crippen molar-refractivity contribution in [2.45, 2.75) is 46.1 Å². The highest BCUT2D eigenvalue weighted by molar-refractivity contribution is 6.29. The molecular formula is C9H18O5Si. The molecule has 0 radical (unpaired) electrons. The van der Waals surface area contributed by atoms with Gasteiger partial charge in [0.1, 0.15) is 0 Å². The van der Waals surface area contributed by atoms with Crippen molar-refractivity contribution in [3.05, 3.63) is 0 Å². The lowest BCUT2D eigenvalue weighted by atomic mass is 10.2. The Labute approximate surface area is 92.0 Å². The van der Waals surface area contributed by atoms with Gasteiger partial charge < -0.3 is 13.9 Å². The number of carbonyl (C=O) groups excluding carboxylic acids is 2. The van der Waals surface area contributed by atoms with Gasteiger partial charge in [-0.2, -0.15) is 0 Å². The molecule has 0 N–H and O–H groups in total. The molecule has 6 heteroatoms. The third-order valence-electron chi connectivity index (χ3n) is 1.25. The predicted molar refractivity (Wildman–Crippen MR) is 56.7 cm³/mol. The van der Waals surface area contributed by atoms with Gasteiger partial charge in [-0.3, -0.25) is 9.59 Å². The van der Waals surface area contributed by atoms with E-state index in [-0.39, 0.29) is 5.60 Å². The summed E-state index contributed by atoms with van der Waals surface area (Å²) in [6.07, 6.45) is 0. The van der Waals surface area contributed by atoms with E-state index in [9.17, 15) is 9.59 Å². The smallest absolute Gasteiger partial charge is 0.305 e. The van der Waals surface area contributed by atoms with Crippen molar-refractivity contribution in [1.29, 1.82) is 0 Å². The molecule has 0 aliphatic carbocycles. The Hall–Kier alpha value is -0.883. The van der Waals surface area contributed by atoms with E-state index in [1.165, 1.54) is 13.8 Å². The average Bonchev–Trinajstić information content (AvgIpc) is 1.96. The highest BCUT2D eigenvalue weighted by atomic mass is 28.2. The van der Waals surface area contributed by atoms with Crippen LogP contribution in [-0.4, -0.2) is 33.2 Å². The van der Waals surface area contributed by atoms with Crippen LogP contribution in [0.4, 0.5) is 0 Å². The number of hydrogen-bond acceptors (Lipinski definition) is 5. The van der Waals surface area contributed by atoms with E-state index in [0.717, 1.165) is 0 Å². The molecule has 0 aliphatic heterocycles. The first kappa shape index (κ1) is 14.1. The summed E-state index contributed by atoms with van der Waals surface area (Å²) in [5.41, 5.74) is -0.315. The predicted octanol–water partition coefficient (Wildman–Crippen LogP) is 0.295. The molecule has 0 atom stereocenters. The zero-order valence-electron chi connectivity index (χ0n) is 9.83. The second kappa shape index (κ2) is 5.87. The topological polar surface area (TPSA) is 61.8 Å². The maximum Gasteiger partial charge on any atom is 0.305 e. The van der Waals surface area contributed by atoms with Crippen LogP contribution in [0.3, 0.4) is 0 Å². The summed E-state index contributed by atoms with van der Waals surface area (Å²) in [5.74, 6) is -1.79. The molecule has 0 aromatic carbocycles. The first-order chi connectivity index (χ1) is 6.70. The first-order valence-corrected chi connectivity index (χ1v) is 6.08. The standard InChI is InChI=1S/C9H18O5Si/c1-6(10)12-8(13-7(2)11)15-14-9(3,4)5/h8H,15H2,1-5H3. The van der Waals surface area contributed by atoms with Crippen LogP contribution >= 0.6 is 0 Å². The van der Waals surface area contributed by atoms with Crippen molar-refractivity contribution in [3.8, 4) is 0 Å². The minimum absolute atomic E-state index is 0.315. The van der Waals surface area contributed by atoms with Crippen LogP contribution in [0.15, 0.2) is 0 Å². The Kier molecular flexibility index (Phi) is 5.52. The van der Waals surface area contributed by atoms with Gasteiger partial charge in [0.15, 0.2) is 0 Å². The summed E-state index contributed by atoms with van der Waals surface area (Å²) in [6, 6.07) is 0. The van der Waals surface area contributed by atoms with Gasteiger partial charge in [-0.05, 0) is 20.8 Å². The zero-order chi connectivity index (χ0) is 12.1. The second-order valence-electron chi connectivity index (χ2n) is 4.07. The highest BCUT2D eigenvalue weighted by Crippen LogP contribution is 2.07. The summed E-state index contributed by atoms with van der Waals surface area (Å²) in [4.78, 5) is 21.4. The minimum atomic E-state index is -1.25. The summed E-state index contributed by atoms with van der Waals surface area (Å²) in [7, 11) is -1.25. The third kappa shape index (κ3) is 9.42. The van der Waals surface area contributed by atoms with E-state index in [4.69, 9.17) is 13.9 Å². The van der Waals surface area contributed by atoms with Gasteiger partial charge in [-0.25, -0.2) is 0 Å². The van der Waals surface area contributed by atoms with Gasteiger partial charge in [0.2, 0.25) is 5.91 Å². The van der Waals surface area contributed by atoms with Crippen molar-refractivity contribution in [3.63, 3.8) is 0 Å². The third-order valence-corrected chi connectivity index (χ3v) is 2.89. The first-order valence-electron chi connectivity index (χ1n) is 4.69. The number of carbonyl (C=O) groups is 2. The molecule has 0 aliphatic rings. The van der Waals surface area contributed by atoms with Crippen LogP contribution in [-0.2, 0) is 23.5 Å². The molecule has 0 fully saturated rings. The Bertz CT molecular complexity index is 217. The molecule has 0 aromatic heterocycles. The molecule has 0 saturated carbocycles. The van der Waals surface area contributed by atoms with Crippen molar-refractivity contribution in [2.24, 2.45) is 0 Å². The zero-order valence-corrected chi connectivity index (χ0v) is 11.2. The molecule has 0 spiro atoms. The Morgan fingerprint density at radius 2 is 1.47 bits per heavy atom. The van der Waals surface area contributed by atoms with E-state index in [1.54, 1.807) is 0 Å². The van der Waals surface area contributed by atoms with Gasteiger partial charge in [0, 0.05) is 19.4 Å². The van der Waals surface area contributed by atoms with Gasteiger partial charge >= 0.3 is 11.9 Å². The second-order valence-corrected chi connectivity index (χ2v) is 5.36. The van der Waals surface area contributed by atoms with Crippen LogP contribution in [0, 0.1) is 0 Å². The normalized spacial score (nSPS) is 12.1. The van der Waals surface area contributed by atoms with Crippen LogP contribution in [0.1, 0.15) is 34.6 Å². The molecule has 0 saturated heterocycles. The van der Waals surface area contributed by atoms with Gasteiger partial charge in [-0.1, -0.05) is 0 Å². The van der Waals surface area contributed by atoms with E-state index in [1.807, 2.05) is 20.8 Å². The highest BCUT2D eigenvalue weighted by Gasteiger charge is 2.20. The molecule has 5 nitrogen and oxygen atoms in total. The quantitative estimate of drug-likeness (QED) is 0.397. The van der Waals surface area contributed by atoms with Crippen LogP contribution in [0.25, 0.3) is 0 Å². The van der Waals surface area contributed by atoms with Crippen LogP contribution in [0.2, 0.25) is 0 Å². The van der Waals surface area contributed by atoms with Crippen molar-refractivity contribution >= 4 is 21.7 Å². The lowest BCUT2D eigenvalue weighted by Gasteiger charge is -2.23. The van der Waals surface area contributed by atoms with Crippen molar-refractivity contribution < 1.29 is 23.5 Å². The summed E-state index contributed by atoms with van der Waals surface area (Å²) in [6.45, 7) is 8.19. The fourth-order valence-corrected chi connectivity index (χ4v) is 2.02. The van der Waals surface area contributed by atoms with E-state index in [0.29, 0.717) is 0 Å². The van der Waals surface area contributed by atoms with Crippen molar-refractivity contribution in [1.82, 2.24) is 0 Å². The fraction of sp³-hybridized carbons (Fsp3) is 0.778. The lowest BCUT2D eigenvalue weighted by molar-refractivity contribution is -0.173. The number of hydrogen-bond donors (Lipinski definition) is 0. The summed E-state index contributed by atoms with van der Waals surface area (Å²) < 4.78 is 15.1. The monoisotopic (exact) mass is 234 g/mol. The van der Waals surface area contributed by atoms with Gasteiger partial charge in [0.25, 0.3) is 9.76 Å². The number of ether oxygens (including phenoxy) is 2. The maximum absolute atomic E-state index is 10.7. The molecule has 0 heterocycles. The summed E-state index contributed by atoms with van der Waals surface area (Å²) >= 11 is 0. The Morgan fingerprint density at radius 3 is 1.73 bits per heavy atom. The van der Waals surface area contributed by atoms with Gasteiger partial charge in [0.05, 0.1) is 0 Å². The molecule has 0 bridgehead atoms. The average molecular weight is 234 g/mol. The Balaban J connectivity index is 4.12. The van der Waals surface area contributed by atoms with Crippen LogP contribution in [0.5, 0.6) is 0 Å². The summed E-state index contributed by atoms with van der Waals surface area (Å²) in [5, 5.41) is 0. The van der Waals surface area contributed by atoms with Crippen LogP contribution < -0.4 is 0 Å². The largest absolute Gasteiger partial charge is 0.427 e. The molecule has 0 aromatic rings. The van der Waals surface area contributed by atoms with E-state index >= 15 is 0 Å².